The van der Waals surface area contributed by atoms with Crippen LogP contribution in [0, 0.1) is 4.77 Å². The molecule has 118 valence electrons. The van der Waals surface area contributed by atoms with Crippen LogP contribution in [0.3, 0.4) is 0 Å². The van der Waals surface area contributed by atoms with Gasteiger partial charge in [0.15, 0.2) is 4.77 Å². The van der Waals surface area contributed by atoms with Crippen molar-refractivity contribution in [3.05, 3.63) is 52.0 Å². The number of aromatic nitrogens is 3. The van der Waals surface area contributed by atoms with Crippen molar-refractivity contribution in [1.82, 2.24) is 19.2 Å². The van der Waals surface area contributed by atoms with Crippen LogP contribution in [0.5, 0.6) is 5.75 Å². The van der Waals surface area contributed by atoms with Crippen LogP contribution in [0.1, 0.15) is 5.56 Å². The Morgan fingerprint density at radius 3 is 2.95 bits per heavy atom. The lowest BCUT2D eigenvalue weighted by Gasteiger charge is -2.18. The van der Waals surface area contributed by atoms with E-state index in [9.17, 15) is 0 Å². The number of halogens is 1. The highest BCUT2D eigenvalue weighted by atomic mass is 79.9. The summed E-state index contributed by atoms with van der Waals surface area (Å²) in [7, 11) is 3.70. The summed E-state index contributed by atoms with van der Waals surface area (Å²) >= 11 is 8.89. The Hall–Kier alpha value is -1.44. The minimum Gasteiger partial charge on any atom is -0.496 e. The predicted octanol–water partition coefficient (Wildman–Crippen LogP) is 3.46. The van der Waals surface area contributed by atoms with Crippen molar-refractivity contribution in [1.29, 1.82) is 0 Å². The fourth-order valence-corrected chi connectivity index (χ4v) is 2.81. The Morgan fingerprint density at radius 1 is 1.50 bits per heavy atom. The van der Waals surface area contributed by atoms with Gasteiger partial charge in [-0.05, 0) is 37.5 Å². The molecule has 2 aromatic rings. The van der Waals surface area contributed by atoms with Crippen LogP contribution in [-0.2, 0) is 19.8 Å². The fourth-order valence-electron chi connectivity index (χ4n) is 2.17. The maximum absolute atomic E-state index is 5.41. The first-order chi connectivity index (χ1) is 10.5. The number of methoxy groups -OCH3 is 1. The van der Waals surface area contributed by atoms with Crippen LogP contribution in [0.25, 0.3) is 0 Å². The standard InChI is InChI=1S/C15H19BrN4OS/c1-4-7-19-10-17-20(15(19)22)11-18(2)9-12-8-13(16)5-6-14(12)21-3/h4-6,8,10H,1,7,9,11H2,2-3H3. The summed E-state index contributed by atoms with van der Waals surface area (Å²) in [6, 6.07) is 5.98. The summed E-state index contributed by atoms with van der Waals surface area (Å²) in [6.45, 7) is 5.73. The van der Waals surface area contributed by atoms with Crippen molar-refractivity contribution in [2.24, 2.45) is 0 Å². The van der Waals surface area contributed by atoms with Gasteiger partial charge in [0, 0.05) is 23.1 Å². The monoisotopic (exact) mass is 382 g/mol. The van der Waals surface area contributed by atoms with Gasteiger partial charge in [0.25, 0.3) is 0 Å². The third-order valence-electron chi connectivity index (χ3n) is 3.18. The molecule has 5 nitrogen and oxygen atoms in total. The summed E-state index contributed by atoms with van der Waals surface area (Å²) in [5.74, 6) is 0.871. The SMILES string of the molecule is C=CCn1cnn(CN(C)Cc2cc(Br)ccc2OC)c1=S. The molecule has 0 fully saturated rings. The Morgan fingerprint density at radius 2 is 2.27 bits per heavy atom. The first-order valence-electron chi connectivity index (χ1n) is 6.79. The van der Waals surface area contributed by atoms with Gasteiger partial charge in [0.2, 0.25) is 0 Å². The Bertz CT molecular complexity index is 710. The van der Waals surface area contributed by atoms with Gasteiger partial charge in [-0.2, -0.15) is 5.10 Å². The molecule has 1 aromatic carbocycles. The number of nitrogens with zero attached hydrogens (tertiary/aromatic N) is 4. The summed E-state index contributed by atoms with van der Waals surface area (Å²) in [4.78, 5) is 2.13. The Kier molecular flexibility index (Phi) is 5.93. The van der Waals surface area contributed by atoms with Crippen molar-refractivity contribution in [3.63, 3.8) is 0 Å². The minimum atomic E-state index is 0.610. The highest BCUT2D eigenvalue weighted by Crippen LogP contribution is 2.24. The highest BCUT2D eigenvalue weighted by Gasteiger charge is 2.09. The van der Waals surface area contributed by atoms with Crippen molar-refractivity contribution >= 4 is 28.1 Å². The van der Waals surface area contributed by atoms with Gasteiger partial charge in [-0.25, -0.2) is 4.68 Å². The maximum Gasteiger partial charge on any atom is 0.199 e. The second-order valence-corrected chi connectivity index (χ2v) is 6.25. The zero-order chi connectivity index (χ0) is 16.1. The minimum absolute atomic E-state index is 0.610. The molecule has 0 bridgehead atoms. The zero-order valence-electron chi connectivity index (χ0n) is 12.7. The third-order valence-corrected chi connectivity index (χ3v) is 4.12. The number of ether oxygens (including phenoxy) is 1. The third kappa shape index (κ3) is 4.06. The molecule has 0 spiro atoms. The van der Waals surface area contributed by atoms with Crippen molar-refractivity contribution in [2.75, 3.05) is 14.2 Å². The Labute approximate surface area is 143 Å². The molecule has 0 aliphatic carbocycles. The van der Waals surface area contributed by atoms with E-state index in [0.29, 0.717) is 18.0 Å². The zero-order valence-corrected chi connectivity index (χ0v) is 15.1. The number of allylic oxidation sites excluding steroid dienone is 1. The smallest absolute Gasteiger partial charge is 0.199 e. The van der Waals surface area contributed by atoms with Crippen molar-refractivity contribution < 1.29 is 4.74 Å². The molecule has 22 heavy (non-hydrogen) atoms. The molecule has 0 aliphatic rings. The van der Waals surface area contributed by atoms with E-state index >= 15 is 0 Å². The van der Waals surface area contributed by atoms with Gasteiger partial charge in [0.05, 0.1) is 13.8 Å². The first kappa shape index (κ1) is 16.9. The molecule has 0 saturated carbocycles. The summed E-state index contributed by atoms with van der Waals surface area (Å²) in [5, 5.41) is 4.32. The van der Waals surface area contributed by atoms with E-state index in [0.717, 1.165) is 22.3 Å². The Balaban J connectivity index is 2.10. The van der Waals surface area contributed by atoms with Crippen molar-refractivity contribution in [2.45, 2.75) is 19.8 Å². The van der Waals surface area contributed by atoms with Crippen LogP contribution in [0.4, 0.5) is 0 Å². The van der Waals surface area contributed by atoms with Crippen LogP contribution in [0.15, 0.2) is 41.7 Å². The molecular formula is C15H19BrN4OS. The lowest BCUT2D eigenvalue weighted by Crippen LogP contribution is -2.23. The van der Waals surface area contributed by atoms with E-state index in [-0.39, 0.29) is 0 Å². The lowest BCUT2D eigenvalue weighted by atomic mass is 10.2. The summed E-state index contributed by atoms with van der Waals surface area (Å²) < 4.78 is 10.8. The van der Waals surface area contributed by atoms with Gasteiger partial charge in [-0.15, -0.1) is 6.58 Å². The van der Waals surface area contributed by atoms with Gasteiger partial charge in [0.1, 0.15) is 12.1 Å². The molecule has 0 N–H and O–H groups in total. The van der Waals surface area contributed by atoms with E-state index in [1.165, 1.54) is 0 Å². The van der Waals surface area contributed by atoms with E-state index in [2.05, 4.69) is 38.6 Å². The highest BCUT2D eigenvalue weighted by molar-refractivity contribution is 9.10. The van der Waals surface area contributed by atoms with Crippen LogP contribution < -0.4 is 4.74 Å². The topological polar surface area (TPSA) is 35.2 Å². The van der Waals surface area contributed by atoms with Gasteiger partial charge >= 0.3 is 0 Å². The lowest BCUT2D eigenvalue weighted by molar-refractivity contribution is 0.240. The van der Waals surface area contributed by atoms with Crippen LogP contribution in [0.2, 0.25) is 0 Å². The molecule has 1 heterocycles. The second kappa shape index (κ2) is 7.71. The molecule has 0 saturated heterocycles. The van der Waals surface area contributed by atoms with E-state index in [1.54, 1.807) is 24.2 Å². The van der Waals surface area contributed by atoms with Gasteiger partial charge in [-0.3, -0.25) is 4.90 Å². The van der Waals surface area contributed by atoms with Crippen molar-refractivity contribution in [3.8, 4) is 5.75 Å². The molecular weight excluding hydrogens is 364 g/mol. The predicted molar refractivity (Wildman–Crippen MR) is 93.4 cm³/mol. The molecule has 7 heteroatoms. The molecule has 1 aromatic heterocycles. The van der Waals surface area contributed by atoms with Crippen LogP contribution >= 0.6 is 28.1 Å². The molecule has 0 radical (unpaired) electrons. The molecule has 0 atom stereocenters. The van der Waals surface area contributed by atoms with Gasteiger partial charge in [-0.1, -0.05) is 22.0 Å². The summed E-state index contributed by atoms with van der Waals surface area (Å²) in [5.41, 5.74) is 1.11. The number of hydrogen-bond acceptors (Lipinski definition) is 4. The van der Waals surface area contributed by atoms with Gasteiger partial charge < -0.3 is 9.30 Å². The fraction of sp³-hybridized carbons (Fsp3) is 0.333. The number of hydrogen-bond donors (Lipinski definition) is 0. The molecule has 0 amide bonds. The average Bonchev–Trinajstić information content (AvgIpc) is 2.81. The molecule has 0 unspecified atom stereocenters. The van der Waals surface area contributed by atoms with Crippen LogP contribution in [-0.4, -0.2) is 33.4 Å². The number of rotatable bonds is 7. The maximum atomic E-state index is 5.41. The first-order valence-corrected chi connectivity index (χ1v) is 7.99. The van der Waals surface area contributed by atoms with E-state index in [1.807, 2.05) is 23.7 Å². The van der Waals surface area contributed by atoms with E-state index < -0.39 is 0 Å². The quantitative estimate of drug-likeness (QED) is 0.542. The molecule has 2 rings (SSSR count). The average molecular weight is 383 g/mol. The normalized spacial score (nSPS) is 10.9. The summed E-state index contributed by atoms with van der Waals surface area (Å²) in [6.07, 6.45) is 3.54. The van der Waals surface area contributed by atoms with E-state index in [4.69, 9.17) is 17.0 Å². The number of benzene rings is 1. The second-order valence-electron chi connectivity index (χ2n) is 4.97. The largest absolute Gasteiger partial charge is 0.496 e. The molecule has 0 aliphatic heterocycles.